The molecule has 0 saturated carbocycles. The van der Waals surface area contributed by atoms with Gasteiger partial charge >= 0.3 is 0 Å². The van der Waals surface area contributed by atoms with Crippen LogP contribution < -0.4 is 4.72 Å². The van der Waals surface area contributed by atoms with Crippen LogP contribution in [0, 0.1) is 12.8 Å². The minimum absolute atomic E-state index is 0.0772. The smallest absolute Gasteiger partial charge is 0.244 e. The van der Waals surface area contributed by atoms with Crippen LogP contribution in [0.15, 0.2) is 4.90 Å². The fourth-order valence-electron chi connectivity index (χ4n) is 2.75. The van der Waals surface area contributed by atoms with E-state index in [1.165, 1.54) is 0 Å². The maximum Gasteiger partial charge on any atom is 0.244 e. The molecule has 1 aliphatic rings. The lowest BCUT2D eigenvalue weighted by Crippen LogP contribution is -2.33. The summed E-state index contributed by atoms with van der Waals surface area (Å²) >= 11 is 0. The van der Waals surface area contributed by atoms with E-state index < -0.39 is 16.6 Å². The number of piperidine rings is 1. The number of nitrogens with one attached hydrogen (secondary N) is 2. The molecular weight excluding hydrogens is 292 g/mol. The van der Waals surface area contributed by atoms with Crippen molar-refractivity contribution in [3.63, 3.8) is 0 Å². The Balaban J connectivity index is 1.91. The van der Waals surface area contributed by atoms with E-state index in [0.29, 0.717) is 18.2 Å². The van der Waals surface area contributed by atoms with E-state index in [0.717, 1.165) is 32.4 Å². The summed E-state index contributed by atoms with van der Waals surface area (Å²) in [6.45, 7) is 3.82. The minimum Gasteiger partial charge on any atom is -0.390 e. The van der Waals surface area contributed by atoms with Crippen molar-refractivity contribution in [2.45, 2.75) is 37.7 Å². The third-order valence-corrected chi connectivity index (χ3v) is 5.73. The third kappa shape index (κ3) is 4.03. The van der Waals surface area contributed by atoms with Gasteiger partial charge in [0.05, 0.1) is 12.3 Å². The van der Waals surface area contributed by atoms with Gasteiger partial charge in [0.2, 0.25) is 10.0 Å². The number of hydrogen-bond acceptors (Lipinski definition) is 5. The van der Waals surface area contributed by atoms with E-state index in [-0.39, 0.29) is 10.6 Å². The van der Waals surface area contributed by atoms with Crippen LogP contribution in [0.4, 0.5) is 0 Å². The molecule has 1 aliphatic heterocycles. The Bertz CT molecular complexity index is 562. The summed E-state index contributed by atoms with van der Waals surface area (Å²) in [4.78, 5) is 2.37. The highest BCUT2D eigenvalue weighted by atomic mass is 32.2. The number of rotatable bonds is 6. The largest absolute Gasteiger partial charge is 0.390 e. The lowest BCUT2D eigenvalue weighted by molar-refractivity contribution is 0.213. The number of aromatic amines is 1. The molecule has 0 amide bonds. The highest BCUT2D eigenvalue weighted by molar-refractivity contribution is 7.89. The Morgan fingerprint density at radius 1 is 1.43 bits per heavy atom. The summed E-state index contributed by atoms with van der Waals surface area (Å²) in [7, 11) is -1.51. The average Bonchev–Trinajstić information content (AvgIpc) is 2.83. The third-order valence-electron chi connectivity index (χ3n) is 4.06. The van der Waals surface area contributed by atoms with Crippen LogP contribution in [-0.2, 0) is 16.6 Å². The number of H-pyrrole nitrogens is 1. The molecule has 0 aromatic carbocycles. The normalized spacial score (nSPS) is 18.2. The highest BCUT2D eigenvalue weighted by Crippen LogP contribution is 2.20. The lowest BCUT2D eigenvalue weighted by atomic mass is 9.94. The number of sulfonamides is 1. The van der Waals surface area contributed by atoms with Gasteiger partial charge in [0.25, 0.3) is 0 Å². The van der Waals surface area contributed by atoms with Crippen molar-refractivity contribution < 1.29 is 13.5 Å². The summed E-state index contributed by atoms with van der Waals surface area (Å²) in [5, 5.41) is 15.6. The first-order chi connectivity index (χ1) is 9.94. The number of nitrogens with zero attached hydrogens (tertiary/aromatic N) is 2. The highest BCUT2D eigenvalue weighted by Gasteiger charge is 2.24. The van der Waals surface area contributed by atoms with Crippen LogP contribution in [0.3, 0.4) is 0 Å². The zero-order valence-corrected chi connectivity index (χ0v) is 13.4. The minimum atomic E-state index is -3.62. The number of aryl methyl sites for hydroxylation is 1. The Kier molecular flexibility index (Phi) is 5.37. The van der Waals surface area contributed by atoms with Gasteiger partial charge in [0.15, 0.2) is 0 Å². The van der Waals surface area contributed by atoms with Crippen LogP contribution in [0.25, 0.3) is 0 Å². The molecule has 120 valence electrons. The average molecular weight is 316 g/mol. The summed E-state index contributed by atoms with van der Waals surface area (Å²) < 4.78 is 27.2. The number of hydrogen-bond donors (Lipinski definition) is 3. The maximum atomic E-state index is 12.3. The zero-order chi connectivity index (χ0) is 15.5. The number of aliphatic hydroxyl groups excluding tert-OH is 1. The monoisotopic (exact) mass is 316 g/mol. The van der Waals surface area contributed by atoms with Gasteiger partial charge in [-0.2, -0.15) is 5.10 Å². The predicted octanol–water partition coefficient (Wildman–Crippen LogP) is 0.221. The molecule has 2 rings (SSSR count). The molecule has 3 N–H and O–H groups in total. The van der Waals surface area contributed by atoms with E-state index in [4.69, 9.17) is 5.11 Å². The molecule has 1 saturated heterocycles. The molecular formula is C13H24N4O3S. The van der Waals surface area contributed by atoms with Gasteiger partial charge < -0.3 is 10.0 Å². The molecule has 8 heteroatoms. The molecule has 0 radical (unpaired) electrons. The fourth-order valence-corrected chi connectivity index (χ4v) is 4.15. The first-order valence-electron chi connectivity index (χ1n) is 7.27. The van der Waals surface area contributed by atoms with Crippen LogP contribution >= 0.6 is 0 Å². The Hall–Kier alpha value is -0.960. The number of aromatic nitrogens is 2. The summed E-state index contributed by atoms with van der Waals surface area (Å²) in [5.41, 5.74) is 0.616. The molecule has 1 fully saturated rings. The molecule has 0 bridgehead atoms. The summed E-state index contributed by atoms with van der Waals surface area (Å²) in [5.74, 6) is 0.576. The molecule has 0 aliphatic carbocycles. The number of likely N-dealkylation sites (tertiary alicyclic amines) is 1. The van der Waals surface area contributed by atoms with Crippen molar-refractivity contribution in [3.8, 4) is 0 Å². The Labute approximate surface area is 125 Å². The molecule has 2 heterocycles. The van der Waals surface area contributed by atoms with Crippen molar-refractivity contribution in [2.24, 2.45) is 5.92 Å². The second-order valence-corrected chi connectivity index (χ2v) is 7.42. The number of aliphatic hydroxyl groups is 1. The second kappa shape index (κ2) is 6.87. The molecule has 0 unspecified atom stereocenters. The van der Waals surface area contributed by atoms with Crippen molar-refractivity contribution in [1.29, 1.82) is 0 Å². The van der Waals surface area contributed by atoms with Crippen LogP contribution in [0.2, 0.25) is 0 Å². The molecule has 0 atom stereocenters. The van der Waals surface area contributed by atoms with Gasteiger partial charge in [0, 0.05) is 6.54 Å². The predicted molar refractivity (Wildman–Crippen MR) is 79.3 cm³/mol. The van der Waals surface area contributed by atoms with Crippen LogP contribution in [-0.4, -0.2) is 55.3 Å². The molecule has 1 aromatic heterocycles. The quantitative estimate of drug-likeness (QED) is 0.697. The lowest BCUT2D eigenvalue weighted by Gasteiger charge is -2.28. The maximum absolute atomic E-state index is 12.3. The van der Waals surface area contributed by atoms with Gasteiger partial charge in [0.1, 0.15) is 10.6 Å². The standard InChI is InChI=1S/C13H24N4O3S/c1-10-13(12(9-18)16-15-10)21(19,20)14-6-3-11-4-7-17(2)8-5-11/h11,14,18H,3-9H2,1-2H3,(H,15,16). The fraction of sp³-hybridized carbons (Fsp3) is 0.769. The van der Waals surface area contributed by atoms with Gasteiger partial charge in [-0.05, 0) is 52.2 Å². The Morgan fingerprint density at radius 3 is 2.71 bits per heavy atom. The molecule has 7 nitrogen and oxygen atoms in total. The zero-order valence-electron chi connectivity index (χ0n) is 12.6. The van der Waals surface area contributed by atoms with Crippen LogP contribution in [0.5, 0.6) is 0 Å². The van der Waals surface area contributed by atoms with E-state index in [1.54, 1.807) is 6.92 Å². The van der Waals surface area contributed by atoms with Crippen LogP contribution in [0.1, 0.15) is 30.7 Å². The Morgan fingerprint density at radius 2 is 2.10 bits per heavy atom. The van der Waals surface area contributed by atoms with E-state index in [1.807, 2.05) is 0 Å². The first kappa shape index (κ1) is 16.4. The van der Waals surface area contributed by atoms with Gasteiger partial charge in [-0.3, -0.25) is 5.10 Å². The molecule has 0 spiro atoms. The summed E-state index contributed by atoms with van der Waals surface area (Å²) in [6.07, 6.45) is 3.08. The van der Waals surface area contributed by atoms with Crippen molar-refractivity contribution in [2.75, 3.05) is 26.7 Å². The van der Waals surface area contributed by atoms with Crippen molar-refractivity contribution in [1.82, 2.24) is 19.8 Å². The summed E-state index contributed by atoms with van der Waals surface area (Å²) in [6, 6.07) is 0. The van der Waals surface area contributed by atoms with E-state index >= 15 is 0 Å². The van der Waals surface area contributed by atoms with Gasteiger partial charge in [-0.1, -0.05) is 0 Å². The van der Waals surface area contributed by atoms with Gasteiger partial charge in [-0.25, -0.2) is 13.1 Å². The van der Waals surface area contributed by atoms with Crippen molar-refractivity contribution in [3.05, 3.63) is 11.4 Å². The SMILES string of the molecule is Cc1[nH]nc(CO)c1S(=O)(=O)NCCC1CCN(C)CC1. The van der Waals surface area contributed by atoms with Gasteiger partial charge in [-0.15, -0.1) is 0 Å². The van der Waals surface area contributed by atoms with E-state index in [2.05, 4.69) is 26.9 Å². The van der Waals surface area contributed by atoms with E-state index in [9.17, 15) is 8.42 Å². The molecule has 1 aromatic rings. The van der Waals surface area contributed by atoms with Crippen molar-refractivity contribution >= 4 is 10.0 Å². The second-order valence-electron chi connectivity index (χ2n) is 5.72. The first-order valence-corrected chi connectivity index (χ1v) is 8.75. The molecule has 21 heavy (non-hydrogen) atoms. The topological polar surface area (TPSA) is 98.3 Å².